The van der Waals surface area contributed by atoms with Crippen LogP contribution in [-0.4, -0.2) is 15.1 Å². The third-order valence-corrected chi connectivity index (χ3v) is 2.30. The van der Waals surface area contributed by atoms with Crippen LogP contribution in [0.4, 0.5) is 0 Å². The van der Waals surface area contributed by atoms with Gasteiger partial charge in [0.1, 0.15) is 5.69 Å². The Labute approximate surface area is 94.7 Å². The molecule has 0 saturated heterocycles. The van der Waals surface area contributed by atoms with Crippen LogP contribution in [0.25, 0.3) is 11.5 Å². The maximum absolute atomic E-state index is 5.17. The molecule has 0 spiro atoms. The van der Waals surface area contributed by atoms with Gasteiger partial charge in [-0.05, 0) is 24.5 Å². The molecule has 0 aliphatic heterocycles. The molecule has 16 heavy (non-hydrogen) atoms. The highest BCUT2D eigenvalue weighted by molar-refractivity contribution is 5.46. The average Bonchev–Trinajstić information content (AvgIpc) is 2.76. The number of pyridine rings is 1. The second-order valence-electron chi connectivity index (χ2n) is 4.16. The minimum Gasteiger partial charge on any atom is -0.339 e. The van der Waals surface area contributed by atoms with Crippen LogP contribution in [-0.2, 0) is 6.42 Å². The van der Waals surface area contributed by atoms with E-state index in [1.165, 1.54) is 0 Å². The van der Waals surface area contributed by atoms with Gasteiger partial charge in [0.05, 0.1) is 0 Å². The van der Waals surface area contributed by atoms with Crippen LogP contribution in [0, 0.1) is 5.92 Å². The SMILES string of the molecule is CC(C)CCc1nc(-c2ccccn2)no1. The molecule has 0 radical (unpaired) electrons. The number of rotatable bonds is 4. The Hall–Kier alpha value is -1.71. The first-order chi connectivity index (χ1) is 7.75. The van der Waals surface area contributed by atoms with E-state index in [0.717, 1.165) is 18.5 Å². The van der Waals surface area contributed by atoms with E-state index in [0.29, 0.717) is 17.6 Å². The summed E-state index contributed by atoms with van der Waals surface area (Å²) < 4.78 is 5.17. The van der Waals surface area contributed by atoms with Crippen molar-refractivity contribution in [3.05, 3.63) is 30.3 Å². The molecule has 4 nitrogen and oxygen atoms in total. The molecular formula is C12H15N3O. The van der Waals surface area contributed by atoms with Crippen LogP contribution in [0.1, 0.15) is 26.2 Å². The molecule has 2 aromatic rings. The van der Waals surface area contributed by atoms with E-state index < -0.39 is 0 Å². The lowest BCUT2D eigenvalue weighted by molar-refractivity contribution is 0.368. The van der Waals surface area contributed by atoms with Crippen molar-refractivity contribution >= 4 is 0 Å². The van der Waals surface area contributed by atoms with E-state index >= 15 is 0 Å². The standard InChI is InChI=1S/C12H15N3O/c1-9(2)6-7-11-14-12(15-16-11)10-5-3-4-8-13-10/h3-5,8-9H,6-7H2,1-2H3. The molecule has 2 rings (SSSR count). The van der Waals surface area contributed by atoms with Gasteiger partial charge in [0, 0.05) is 12.6 Å². The summed E-state index contributed by atoms with van der Waals surface area (Å²) in [6.45, 7) is 4.35. The molecular weight excluding hydrogens is 202 g/mol. The molecule has 0 fully saturated rings. The molecule has 84 valence electrons. The minimum atomic E-state index is 0.569. The third kappa shape index (κ3) is 2.66. The van der Waals surface area contributed by atoms with Crippen molar-refractivity contribution in [3.63, 3.8) is 0 Å². The van der Waals surface area contributed by atoms with Crippen LogP contribution in [0.2, 0.25) is 0 Å². The predicted octanol–water partition coefficient (Wildman–Crippen LogP) is 2.72. The highest BCUT2D eigenvalue weighted by Crippen LogP contribution is 2.13. The van der Waals surface area contributed by atoms with E-state index in [9.17, 15) is 0 Å². The Morgan fingerprint density at radius 2 is 2.19 bits per heavy atom. The van der Waals surface area contributed by atoms with E-state index in [2.05, 4.69) is 29.0 Å². The van der Waals surface area contributed by atoms with Gasteiger partial charge < -0.3 is 4.52 Å². The smallest absolute Gasteiger partial charge is 0.227 e. The largest absolute Gasteiger partial charge is 0.339 e. The summed E-state index contributed by atoms with van der Waals surface area (Å²) in [5, 5.41) is 3.92. The van der Waals surface area contributed by atoms with Crippen molar-refractivity contribution in [2.24, 2.45) is 5.92 Å². The monoisotopic (exact) mass is 217 g/mol. The Balaban J connectivity index is 2.08. The Morgan fingerprint density at radius 1 is 1.31 bits per heavy atom. The number of nitrogens with zero attached hydrogens (tertiary/aromatic N) is 3. The van der Waals surface area contributed by atoms with Crippen molar-refractivity contribution in [2.75, 3.05) is 0 Å². The van der Waals surface area contributed by atoms with E-state index in [1.807, 2.05) is 18.2 Å². The van der Waals surface area contributed by atoms with Gasteiger partial charge in [-0.2, -0.15) is 4.98 Å². The molecule has 0 saturated carbocycles. The molecule has 0 N–H and O–H groups in total. The Bertz CT molecular complexity index is 437. The van der Waals surface area contributed by atoms with Crippen LogP contribution in [0.3, 0.4) is 0 Å². The molecule has 0 amide bonds. The molecule has 0 unspecified atom stereocenters. The van der Waals surface area contributed by atoms with E-state index in [-0.39, 0.29) is 0 Å². The van der Waals surface area contributed by atoms with Gasteiger partial charge in [-0.25, -0.2) is 0 Å². The van der Waals surface area contributed by atoms with Crippen LogP contribution >= 0.6 is 0 Å². The van der Waals surface area contributed by atoms with Gasteiger partial charge in [-0.1, -0.05) is 25.1 Å². The lowest BCUT2D eigenvalue weighted by Crippen LogP contribution is -1.92. The zero-order valence-corrected chi connectivity index (χ0v) is 9.55. The summed E-state index contributed by atoms with van der Waals surface area (Å²) in [5.41, 5.74) is 0.752. The van der Waals surface area contributed by atoms with Gasteiger partial charge in [0.2, 0.25) is 11.7 Å². The average molecular weight is 217 g/mol. The van der Waals surface area contributed by atoms with Gasteiger partial charge in [-0.15, -0.1) is 0 Å². The quantitative estimate of drug-likeness (QED) is 0.790. The molecule has 0 aliphatic rings. The summed E-state index contributed by atoms with van der Waals surface area (Å²) >= 11 is 0. The van der Waals surface area contributed by atoms with Crippen molar-refractivity contribution in [1.82, 2.24) is 15.1 Å². The molecule has 4 heteroatoms. The lowest BCUT2D eigenvalue weighted by atomic mass is 10.1. The summed E-state index contributed by atoms with van der Waals surface area (Å²) in [6, 6.07) is 5.65. The minimum absolute atomic E-state index is 0.569. The molecule has 0 atom stereocenters. The fraction of sp³-hybridized carbons (Fsp3) is 0.417. The first-order valence-corrected chi connectivity index (χ1v) is 5.49. The molecule has 0 bridgehead atoms. The van der Waals surface area contributed by atoms with E-state index in [1.54, 1.807) is 6.20 Å². The van der Waals surface area contributed by atoms with Crippen molar-refractivity contribution in [1.29, 1.82) is 0 Å². The normalized spacial score (nSPS) is 10.9. The topological polar surface area (TPSA) is 51.8 Å². The lowest BCUT2D eigenvalue weighted by Gasteiger charge is -1.98. The summed E-state index contributed by atoms with van der Waals surface area (Å²) in [6.07, 6.45) is 3.61. The highest BCUT2D eigenvalue weighted by Gasteiger charge is 2.09. The Morgan fingerprint density at radius 3 is 2.88 bits per heavy atom. The van der Waals surface area contributed by atoms with Gasteiger partial charge >= 0.3 is 0 Å². The number of hydrogen-bond donors (Lipinski definition) is 0. The molecule has 0 aliphatic carbocycles. The van der Waals surface area contributed by atoms with Crippen LogP contribution in [0.5, 0.6) is 0 Å². The van der Waals surface area contributed by atoms with Gasteiger partial charge in [0.25, 0.3) is 0 Å². The van der Waals surface area contributed by atoms with Crippen molar-refractivity contribution in [3.8, 4) is 11.5 Å². The predicted molar refractivity (Wildman–Crippen MR) is 60.7 cm³/mol. The fourth-order valence-electron chi connectivity index (χ4n) is 1.37. The highest BCUT2D eigenvalue weighted by atomic mass is 16.5. The zero-order valence-electron chi connectivity index (χ0n) is 9.55. The summed E-state index contributed by atoms with van der Waals surface area (Å²) in [4.78, 5) is 8.48. The van der Waals surface area contributed by atoms with Crippen molar-refractivity contribution in [2.45, 2.75) is 26.7 Å². The maximum atomic E-state index is 5.17. The molecule has 2 heterocycles. The van der Waals surface area contributed by atoms with Crippen LogP contribution < -0.4 is 0 Å². The number of aryl methyl sites for hydroxylation is 1. The second kappa shape index (κ2) is 4.88. The van der Waals surface area contributed by atoms with Crippen LogP contribution in [0.15, 0.2) is 28.9 Å². The summed E-state index contributed by atoms with van der Waals surface area (Å²) in [7, 11) is 0. The summed E-state index contributed by atoms with van der Waals surface area (Å²) in [5.74, 6) is 1.90. The first-order valence-electron chi connectivity index (χ1n) is 5.49. The third-order valence-electron chi connectivity index (χ3n) is 2.30. The number of hydrogen-bond acceptors (Lipinski definition) is 4. The maximum Gasteiger partial charge on any atom is 0.227 e. The van der Waals surface area contributed by atoms with Gasteiger partial charge in [0.15, 0.2) is 0 Å². The van der Waals surface area contributed by atoms with E-state index in [4.69, 9.17) is 4.52 Å². The van der Waals surface area contributed by atoms with Gasteiger partial charge in [-0.3, -0.25) is 4.98 Å². The second-order valence-corrected chi connectivity index (χ2v) is 4.16. The molecule has 0 aromatic carbocycles. The first kappa shape index (κ1) is 10.8. The molecule has 2 aromatic heterocycles. The fourth-order valence-corrected chi connectivity index (χ4v) is 1.37. The van der Waals surface area contributed by atoms with Crippen molar-refractivity contribution < 1.29 is 4.52 Å². The number of aromatic nitrogens is 3. The Kier molecular flexibility index (Phi) is 3.29. The zero-order chi connectivity index (χ0) is 11.4.